The first-order valence-electron chi connectivity index (χ1n) is 9.90. The second-order valence-electron chi connectivity index (χ2n) is 6.37. The minimum atomic E-state index is 0.437. The van der Waals surface area contributed by atoms with Gasteiger partial charge in [0.1, 0.15) is 24.0 Å². The van der Waals surface area contributed by atoms with Crippen LogP contribution in [0.4, 0.5) is 0 Å². The van der Waals surface area contributed by atoms with Crippen LogP contribution >= 0.6 is 11.3 Å². The Morgan fingerprint density at radius 1 is 0.967 bits per heavy atom. The molecule has 0 aliphatic heterocycles. The third-order valence-electron chi connectivity index (χ3n) is 4.18. The van der Waals surface area contributed by atoms with Gasteiger partial charge in [0.25, 0.3) is 0 Å². The summed E-state index contributed by atoms with van der Waals surface area (Å²) in [5.74, 6) is 2.13. The van der Waals surface area contributed by atoms with Gasteiger partial charge < -0.3 is 20.1 Å². The fourth-order valence-electron chi connectivity index (χ4n) is 2.58. The van der Waals surface area contributed by atoms with Crippen molar-refractivity contribution in [2.75, 3.05) is 20.3 Å². The van der Waals surface area contributed by atoms with Gasteiger partial charge in [0.05, 0.1) is 6.54 Å². The van der Waals surface area contributed by atoms with Crippen LogP contribution in [-0.2, 0) is 19.5 Å². The molecular weight excluding hydrogens is 398 g/mol. The maximum absolute atomic E-state index is 5.63. The third-order valence-corrected chi connectivity index (χ3v) is 5.32. The molecule has 0 saturated carbocycles. The molecule has 7 nitrogen and oxygen atoms in total. The lowest BCUT2D eigenvalue weighted by Gasteiger charge is -2.11. The molecule has 3 aromatic rings. The Morgan fingerprint density at radius 3 is 2.47 bits per heavy atom. The number of pyridine rings is 1. The van der Waals surface area contributed by atoms with Gasteiger partial charge in [-0.1, -0.05) is 31.2 Å². The molecule has 30 heavy (non-hydrogen) atoms. The highest BCUT2D eigenvalue weighted by molar-refractivity contribution is 7.11. The van der Waals surface area contributed by atoms with E-state index in [1.54, 1.807) is 24.6 Å². The average molecular weight is 426 g/mol. The first-order valence-corrected chi connectivity index (χ1v) is 10.7. The van der Waals surface area contributed by atoms with Crippen LogP contribution in [0.5, 0.6) is 11.6 Å². The van der Waals surface area contributed by atoms with E-state index in [9.17, 15) is 0 Å². The van der Waals surface area contributed by atoms with Gasteiger partial charge in [-0.2, -0.15) is 0 Å². The molecule has 2 N–H and O–H groups in total. The largest absolute Gasteiger partial charge is 0.490 e. The van der Waals surface area contributed by atoms with Crippen molar-refractivity contribution in [3.63, 3.8) is 0 Å². The molecule has 2 aromatic heterocycles. The Bertz CT molecular complexity index is 913. The SMILES string of the molecule is CCc1cnc(CNC(=NC)NCc2ccc(OCCOc3ccccc3)nc2)s1. The average Bonchev–Trinajstić information content (AvgIpc) is 3.26. The maximum Gasteiger partial charge on any atom is 0.213 e. The highest BCUT2D eigenvalue weighted by Gasteiger charge is 2.04. The van der Waals surface area contributed by atoms with Gasteiger partial charge >= 0.3 is 0 Å². The van der Waals surface area contributed by atoms with E-state index in [-0.39, 0.29) is 0 Å². The Kier molecular flexibility index (Phi) is 8.47. The topological polar surface area (TPSA) is 80.7 Å². The molecule has 0 bridgehead atoms. The van der Waals surface area contributed by atoms with Crippen LogP contribution in [0.15, 0.2) is 59.9 Å². The standard InChI is InChI=1S/C22H27N5O2S/c1-3-19-15-25-21(30-19)16-27-22(23-2)26-14-17-9-10-20(24-13-17)29-12-11-28-18-7-5-4-6-8-18/h4-10,13,15H,3,11-12,14,16H2,1-2H3,(H2,23,26,27). The molecule has 0 aliphatic rings. The first-order chi connectivity index (χ1) is 14.8. The zero-order valence-electron chi connectivity index (χ0n) is 17.3. The van der Waals surface area contributed by atoms with E-state index in [0.717, 1.165) is 28.7 Å². The number of nitrogens with zero attached hydrogens (tertiary/aromatic N) is 3. The van der Waals surface area contributed by atoms with E-state index in [1.165, 1.54) is 4.88 Å². The highest BCUT2D eigenvalue weighted by atomic mass is 32.1. The van der Waals surface area contributed by atoms with Crippen molar-refractivity contribution in [3.8, 4) is 11.6 Å². The van der Waals surface area contributed by atoms with Crippen LogP contribution in [0.2, 0.25) is 0 Å². The summed E-state index contributed by atoms with van der Waals surface area (Å²) >= 11 is 1.72. The summed E-state index contributed by atoms with van der Waals surface area (Å²) in [5.41, 5.74) is 1.04. The van der Waals surface area contributed by atoms with E-state index >= 15 is 0 Å². The summed E-state index contributed by atoms with van der Waals surface area (Å²) < 4.78 is 11.2. The van der Waals surface area contributed by atoms with Gasteiger partial charge in [0, 0.05) is 36.9 Å². The lowest BCUT2D eigenvalue weighted by molar-refractivity contribution is 0.212. The smallest absolute Gasteiger partial charge is 0.213 e. The van der Waals surface area contributed by atoms with Gasteiger partial charge in [-0.05, 0) is 24.1 Å². The lowest BCUT2D eigenvalue weighted by Crippen LogP contribution is -2.36. The molecule has 0 spiro atoms. The van der Waals surface area contributed by atoms with Crippen molar-refractivity contribution in [2.24, 2.45) is 4.99 Å². The van der Waals surface area contributed by atoms with Gasteiger partial charge in [0.2, 0.25) is 5.88 Å². The molecule has 0 unspecified atom stereocenters. The summed E-state index contributed by atoms with van der Waals surface area (Å²) in [6.45, 7) is 4.30. The van der Waals surface area contributed by atoms with Crippen LogP contribution < -0.4 is 20.1 Å². The molecule has 0 saturated heterocycles. The Balaban J connectivity index is 1.36. The number of hydrogen-bond donors (Lipinski definition) is 2. The number of thiazole rings is 1. The molecule has 3 rings (SSSR count). The Hall–Kier alpha value is -3.13. The normalized spacial score (nSPS) is 11.2. The summed E-state index contributed by atoms with van der Waals surface area (Å²) in [7, 11) is 1.75. The lowest BCUT2D eigenvalue weighted by atomic mass is 10.3. The number of benzene rings is 1. The van der Waals surface area contributed by atoms with Crippen molar-refractivity contribution in [1.29, 1.82) is 0 Å². The van der Waals surface area contributed by atoms with E-state index in [4.69, 9.17) is 9.47 Å². The van der Waals surface area contributed by atoms with Crippen LogP contribution in [0.3, 0.4) is 0 Å². The molecule has 0 radical (unpaired) electrons. The molecule has 2 heterocycles. The summed E-state index contributed by atoms with van der Waals surface area (Å²) in [6.07, 6.45) is 4.74. The highest BCUT2D eigenvalue weighted by Crippen LogP contribution is 2.13. The van der Waals surface area contributed by atoms with Crippen LogP contribution in [-0.4, -0.2) is 36.2 Å². The molecule has 0 aliphatic carbocycles. The van der Waals surface area contributed by atoms with Crippen molar-refractivity contribution < 1.29 is 9.47 Å². The predicted octanol–water partition coefficient (Wildman–Crippen LogP) is 3.42. The number of nitrogens with one attached hydrogen (secondary N) is 2. The number of guanidine groups is 1. The number of ether oxygens (including phenoxy) is 2. The molecule has 0 amide bonds. The fourth-order valence-corrected chi connectivity index (χ4v) is 3.38. The van der Waals surface area contributed by atoms with E-state index in [1.807, 2.05) is 48.7 Å². The number of hydrogen-bond acceptors (Lipinski definition) is 6. The van der Waals surface area contributed by atoms with Crippen molar-refractivity contribution >= 4 is 17.3 Å². The minimum absolute atomic E-state index is 0.437. The summed E-state index contributed by atoms with van der Waals surface area (Å²) in [6, 6.07) is 13.5. The molecular formula is C22H27N5O2S. The zero-order chi connectivity index (χ0) is 21.0. The number of para-hydroxylation sites is 1. The van der Waals surface area contributed by atoms with Gasteiger partial charge in [-0.25, -0.2) is 9.97 Å². The minimum Gasteiger partial charge on any atom is -0.490 e. The maximum atomic E-state index is 5.63. The quantitative estimate of drug-likeness (QED) is 0.294. The molecule has 1 aromatic carbocycles. The predicted molar refractivity (Wildman–Crippen MR) is 120 cm³/mol. The molecule has 0 atom stereocenters. The van der Waals surface area contributed by atoms with E-state index < -0.39 is 0 Å². The van der Waals surface area contributed by atoms with Crippen LogP contribution in [0.1, 0.15) is 22.4 Å². The fraction of sp³-hybridized carbons (Fsp3) is 0.318. The van der Waals surface area contributed by atoms with Gasteiger partial charge in [-0.3, -0.25) is 4.99 Å². The Morgan fingerprint density at radius 2 is 1.77 bits per heavy atom. The van der Waals surface area contributed by atoms with Crippen molar-refractivity contribution in [2.45, 2.75) is 26.4 Å². The first kappa shape index (κ1) is 21.6. The second kappa shape index (κ2) is 11.8. The molecule has 158 valence electrons. The van der Waals surface area contributed by atoms with Crippen molar-refractivity contribution in [1.82, 2.24) is 20.6 Å². The Labute approximate surface area is 181 Å². The summed E-state index contributed by atoms with van der Waals surface area (Å²) in [4.78, 5) is 14.3. The molecule has 0 fully saturated rings. The monoisotopic (exact) mass is 425 g/mol. The summed E-state index contributed by atoms with van der Waals surface area (Å²) in [5, 5.41) is 7.61. The third kappa shape index (κ3) is 7.04. The number of aromatic nitrogens is 2. The van der Waals surface area contributed by atoms with E-state index in [0.29, 0.717) is 32.2 Å². The second-order valence-corrected chi connectivity index (χ2v) is 7.57. The zero-order valence-corrected chi connectivity index (χ0v) is 18.1. The van der Waals surface area contributed by atoms with Crippen LogP contribution in [0.25, 0.3) is 0 Å². The number of aryl methyl sites for hydroxylation is 1. The van der Waals surface area contributed by atoms with Crippen molar-refractivity contribution in [3.05, 3.63) is 70.3 Å². The van der Waals surface area contributed by atoms with E-state index in [2.05, 4.69) is 32.5 Å². The number of rotatable bonds is 10. The van der Waals surface area contributed by atoms with Gasteiger partial charge in [0.15, 0.2) is 5.96 Å². The molecule has 8 heteroatoms. The number of aliphatic imine (C=N–C) groups is 1. The van der Waals surface area contributed by atoms with Crippen LogP contribution in [0, 0.1) is 0 Å². The van der Waals surface area contributed by atoms with Gasteiger partial charge in [-0.15, -0.1) is 11.3 Å².